The first kappa shape index (κ1) is 59.6. The molecule has 0 radical (unpaired) electrons. The van der Waals surface area contributed by atoms with Crippen molar-refractivity contribution >= 4 is 5.91 Å². The Morgan fingerprint density at radius 3 is 1.67 bits per heavy atom. The van der Waals surface area contributed by atoms with E-state index >= 15 is 0 Å². The van der Waals surface area contributed by atoms with Gasteiger partial charge in [0.15, 0.2) is 12.6 Å². The monoisotopic (exact) mass is 936 g/mol. The van der Waals surface area contributed by atoms with Gasteiger partial charge in [-0.1, -0.05) is 145 Å². The van der Waals surface area contributed by atoms with Crippen molar-refractivity contribution in [3.05, 3.63) is 72.9 Å². The number of amides is 1. The lowest BCUT2D eigenvalue weighted by molar-refractivity contribution is -0.359. The fourth-order valence-electron chi connectivity index (χ4n) is 7.75. The number of aliphatic hydroxyl groups is 8. The summed E-state index contributed by atoms with van der Waals surface area (Å²) < 4.78 is 22.6. The first-order valence-electron chi connectivity index (χ1n) is 25.2. The quantitative estimate of drug-likeness (QED) is 0.0242. The SMILES string of the molecule is CC/C=C\C/C=C\C/C=C\CCCCCC(=O)NC(COC1OC(CO)C(OC2OC(CO)C(O)C(O)C2O)C(O)C1O)C(O)/C=C/CC/C=C/CC/C=C/CCCCCCCCCCC. The Bertz CT molecular complexity index is 1380. The molecular formula is C52H89NO13. The smallest absolute Gasteiger partial charge is 0.220 e. The van der Waals surface area contributed by atoms with Crippen LogP contribution in [0.4, 0.5) is 0 Å². The lowest BCUT2D eigenvalue weighted by Crippen LogP contribution is -2.65. The molecule has 0 saturated carbocycles. The van der Waals surface area contributed by atoms with Gasteiger partial charge >= 0.3 is 0 Å². The van der Waals surface area contributed by atoms with Gasteiger partial charge in [0.2, 0.25) is 5.91 Å². The minimum absolute atomic E-state index is 0.231. The lowest BCUT2D eigenvalue weighted by atomic mass is 9.97. The maximum Gasteiger partial charge on any atom is 0.220 e. The Morgan fingerprint density at radius 2 is 1.06 bits per heavy atom. The number of hydrogen-bond acceptors (Lipinski definition) is 13. The Morgan fingerprint density at radius 1 is 0.561 bits per heavy atom. The van der Waals surface area contributed by atoms with Gasteiger partial charge in [-0.25, -0.2) is 0 Å². The van der Waals surface area contributed by atoms with Gasteiger partial charge in [0.25, 0.3) is 0 Å². The number of ether oxygens (including phenoxy) is 4. The summed E-state index contributed by atoms with van der Waals surface area (Å²) in [5.74, 6) is -0.287. The molecule has 12 atom stereocenters. The van der Waals surface area contributed by atoms with Gasteiger partial charge in [-0.15, -0.1) is 0 Å². The van der Waals surface area contributed by atoms with Gasteiger partial charge in [0.1, 0.15) is 48.8 Å². The largest absolute Gasteiger partial charge is 0.394 e. The molecule has 1 amide bonds. The second-order valence-corrected chi connectivity index (χ2v) is 17.5. The molecule has 14 heteroatoms. The summed E-state index contributed by atoms with van der Waals surface area (Å²) in [6, 6.07) is -0.955. The van der Waals surface area contributed by atoms with Crippen LogP contribution in [0.3, 0.4) is 0 Å². The van der Waals surface area contributed by atoms with E-state index in [0.29, 0.717) is 12.8 Å². The minimum atomic E-state index is -1.80. The van der Waals surface area contributed by atoms with Crippen LogP contribution >= 0.6 is 0 Å². The van der Waals surface area contributed by atoms with Crippen LogP contribution in [0.25, 0.3) is 0 Å². The third kappa shape index (κ3) is 25.2. The summed E-state index contributed by atoms with van der Waals surface area (Å²) in [5.41, 5.74) is 0. The van der Waals surface area contributed by atoms with Crippen molar-refractivity contribution in [2.75, 3.05) is 19.8 Å². The highest BCUT2D eigenvalue weighted by molar-refractivity contribution is 5.76. The zero-order valence-corrected chi connectivity index (χ0v) is 40.2. The van der Waals surface area contributed by atoms with E-state index in [-0.39, 0.29) is 18.9 Å². The third-order valence-electron chi connectivity index (χ3n) is 11.9. The highest BCUT2D eigenvalue weighted by Gasteiger charge is 2.51. The predicted molar refractivity (Wildman–Crippen MR) is 258 cm³/mol. The molecule has 2 aliphatic rings. The standard InChI is InChI=1S/C52H89NO13/c1-3-5-7-9-11-13-15-17-18-19-20-21-22-24-25-27-29-31-33-35-41(56)40(53-44(57)36-34-32-30-28-26-23-16-14-12-10-8-6-4-2)39-63-51-49(62)47(60)50(43(38-55)65-51)66-52-48(61)46(59)45(58)42(37-54)64-52/h6,8,12,14,20-21,23,25-27,33,35,40-43,45-52,54-56,58-62H,3-5,7,9-11,13,15-19,22,24,28-32,34,36-39H2,1-2H3,(H,53,57)/b8-6-,14-12-,21-20+,26-23-,27-25+,35-33+. The van der Waals surface area contributed by atoms with Crippen LogP contribution in [0, 0.1) is 0 Å². The van der Waals surface area contributed by atoms with Gasteiger partial charge in [-0.3, -0.25) is 4.79 Å². The number of allylic oxidation sites excluding steroid dienone is 11. The van der Waals surface area contributed by atoms with E-state index in [0.717, 1.165) is 64.2 Å². The molecule has 0 aliphatic carbocycles. The normalized spacial score (nSPS) is 27.4. The molecule has 0 spiro atoms. The summed E-state index contributed by atoms with van der Waals surface area (Å²) in [6.45, 7) is 2.60. The summed E-state index contributed by atoms with van der Waals surface area (Å²) in [5, 5.41) is 86.6. The predicted octanol–water partition coefficient (Wildman–Crippen LogP) is 6.43. The molecule has 2 heterocycles. The summed E-state index contributed by atoms with van der Waals surface area (Å²) in [4.78, 5) is 13.1. The van der Waals surface area contributed by atoms with Crippen molar-refractivity contribution in [1.82, 2.24) is 5.32 Å². The van der Waals surface area contributed by atoms with Crippen molar-refractivity contribution in [1.29, 1.82) is 0 Å². The van der Waals surface area contributed by atoms with Crippen LogP contribution in [0.2, 0.25) is 0 Å². The Balaban J connectivity index is 1.89. The van der Waals surface area contributed by atoms with Crippen LogP contribution < -0.4 is 5.32 Å². The maximum atomic E-state index is 13.1. The van der Waals surface area contributed by atoms with E-state index in [1.807, 2.05) is 6.08 Å². The number of nitrogens with one attached hydrogen (secondary N) is 1. The van der Waals surface area contributed by atoms with E-state index in [4.69, 9.17) is 18.9 Å². The van der Waals surface area contributed by atoms with E-state index in [1.54, 1.807) is 6.08 Å². The molecule has 380 valence electrons. The van der Waals surface area contributed by atoms with E-state index in [9.17, 15) is 45.6 Å². The van der Waals surface area contributed by atoms with Crippen LogP contribution in [0.15, 0.2) is 72.9 Å². The number of unbranched alkanes of at least 4 members (excludes halogenated alkanes) is 14. The first-order valence-corrected chi connectivity index (χ1v) is 25.2. The van der Waals surface area contributed by atoms with Crippen molar-refractivity contribution in [2.45, 2.75) is 229 Å². The van der Waals surface area contributed by atoms with Crippen LogP contribution in [-0.2, 0) is 23.7 Å². The van der Waals surface area contributed by atoms with Gasteiger partial charge in [0, 0.05) is 6.42 Å². The molecule has 0 bridgehead atoms. The molecule has 0 aromatic carbocycles. The van der Waals surface area contributed by atoms with E-state index in [1.165, 1.54) is 57.8 Å². The van der Waals surface area contributed by atoms with Crippen molar-refractivity contribution < 1.29 is 64.6 Å². The topological polar surface area (TPSA) is 228 Å². The van der Waals surface area contributed by atoms with Gasteiger partial charge in [-0.2, -0.15) is 0 Å². The molecule has 12 unspecified atom stereocenters. The molecule has 2 fully saturated rings. The zero-order chi connectivity index (χ0) is 48.2. The molecule has 0 aromatic rings. The number of aliphatic hydroxyl groups excluding tert-OH is 8. The number of carbonyl (C=O) groups is 1. The number of carbonyl (C=O) groups excluding carboxylic acids is 1. The molecule has 14 nitrogen and oxygen atoms in total. The average molecular weight is 936 g/mol. The van der Waals surface area contributed by atoms with Crippen LogP contribution in [0.1, 0.15) is 155 Å². The van der Waals surface area contributed by atoms with Crippen molar-refractivity contribution in [2.24, 2.45) is 0 Å². The Hall–Kier alpha value is -2.57. The summed E-state index contributed by atoms with van der Waals surface area (Å²) in [6.07, 6.45) is 30.9. The first-order chi connectivity index (χ1) is 32.1. The van der Waals surface area contributed by atoms with Gasteiger partial charge in [0.05, 0.1) is 32.0 Å². The second kappa shape index (κ2) is 38.3. The average Bonchev–Trinajstić information content (AvgIpc) is 3.31. The lowest BCUT2D eigenvalue weighted by Gasteiger charge is -2.46. The van der Waals surface area contributed by atoms with Crippen LogP contribution in [0.5, 0.6) is 0 Å². The van der Waals surface area contributed by atoms with Crippen LogP contribution in [-0.4, -0.2) is 140 Å². The molecule has 9 N–H and O–H groups in total. The van der Waals surface area contributed by atoms with E-state index in [2.05, 4.69) is 79.9 Å². The molecule has 2 rings (SSSR count). The minimum Gasteiger partial charge on any atom is -0.394 e. The summed E-state index contributed by atoms with van der Waals surface area (Å²) >= 11 is 0. The van der Waals surface area contributed by atoms with E-state index < -0.39 is 86.8 Å². The zero-order valence-electron chi connectivity index (χ0n) is 40.2. The molecule has 2 aliphatic heterocycles. The van der Waals surface area contributed by atoms with Gasteiger partial charge in [-0.05, 0) is 77.0 Å². The Labute approximate surface area is 396 Å². The molecule has 66 heavy (non-hydrogen) atoms. The highest BCUT2D eigenvalue weighted by Crippen LogP contribution is 2.30. The fourth-order valence-corrected chi connectivity index (χ4v) is 7.75. The van der Waals surface area contributed by atoms with Crippen molar-refractivity contribution in [3.8, 4) is 0 Å². The second-order valence-electron chi connectivity index (χ2n) is 17.5. The number of hydrogen-bond donors (Lipinski definition) is 9. The third-order valence-corrected chi connectivity index (χ3v) is 11.9. The molecular weight excluding hydrogens is 847 g/mol. The molecule has 2 saturated heterocycles. The fraction of sp³-hybridized carbons (Fsp3) is 0.750. The maximum absolute atomic E-state index is 13.1. The molecule has 0 aromatic heterocycles. The highest BCUT2D eigenvalue weighted by atomic mass is 16.7. The Kier molecular flexibility index (Phi) is 34.6. The van der Waals surface area contributed by atoms with Gasteiger partial charge < -0.3 is 65.1 Å². The summed E-state index contributed by atoms with van der Waals surface area (Å²) in [7, 11) is 0. The number of rotatable bonds is 37. The van der Waals surface area contributed by atoms with Crippen molar-refractivity contribution in [3.63, 3.8) is 0 Å².